The second-order valence-corrected chi connectivity index (χ2v) is 7.15. The van der Waals surface area contributed by atoms with E-state index in [0.717, 1.165) is 36.7 Å². The van der Waals surface area contributed by atoms with Crippen molar-refractivity contribution in [3.63, 3.8) is 0 Å². The Labute approximate surface area is 104 Å². The average Bonchev–Trinajstić information content (AvgIpc) is 2.19. The number of hydrogen-bond donors (Lipinski definition) is 2. The predicted octanol–water partition coefficient (Wildman–Crippen LogP) is 2.54. The first kappa shape index (κ1) is 14.3. The second-order valence-electron chi connectivity index (χ2n) is 6.00. The smallest absolute Gasteiger partial charge is 0.0576 e. The number of aliphatic hydroxyl groups excluding tert-OH is 2. The van der Waals surface area contributed by atoms with Gasteiger partial charge in [0, 0.05) is 5.75 Å². The zero-order chi connectivity index (χ0) is 12.2. The van der Waals surface area contributed by atoms with Crippen molar-refractivity contribution in [3.05, 3.63) is 0 Å². The summed E-state index contributed by atoms with van der Waals surface area (Å²) in [5.41, 5.74) is 0.361. The van der Waals surface area contributed by atoms with Crippen molar-refractivity contribution < 1.29 is 10.2 Å². The van der Waals surface area contributed by atoms with Crippen molar-refractivity contribution in [2.45, 2.75) is 46.1 Å². The first-order valence-electron chi connectivity index (χ1n) is 6.32. The zero-order valence-electron chi connectivity index (χ0n) is 10.8. The second kappa shape index (κ2) is 6.27. The molecule has 1 aliphatic rings. The zero-order valence-corrected chi connectivity index (χ0v) is 11.6. The number of rotatable bonds is 4. The Kier molecular flexibility index (Phi) is 5.62. The summed E-state index contributed by atoms with van der Waals surface area (Å²) < 4.78 is 0. The van der Waals surface area contributed by atoms with Gasteiger partial charge in [0.15, 0.2) is 0 Å². The topological polar surface area (TPSA) is 40.5 Å². The molecule has 0 aromatic carbocycles. The fraction of sp³-hybridized carbons (Fsp3) is 1.00. The lowest BCUT2D eigenvalue weighted by Crippen LogP contribution is -2.35. The van der Waals surface area contributed by atoms with E-state index in [-0.39, 0.29) is 12.7 Å². The van der Waals surface area contributed by atoms with Gasteiger partial charge in [0.25, 0.3) is 0 Å². The molecule has 1 rings (SSSR count). The normalized spacial score (nSPS) is 31.7. The van der Waals surface area contributed by atoms with Gasteiger partial charge in [-0.15, -0.1) is 0 Å². The molecule has 0 saturated heterocycles. The van der Waals surface area contributed by atoms with Crippen LogP contribution in [0, 0.1) is 17.3 Å². The lowest BCUT2D eigenvalue weighted by atomic mass is 9.68. The number of hydrogen-bond acceptors (Lipinski definition) is 3. The Morgan fingerprint density at radius 3 is 2.50 bits per heavy atom. The fourth-order valence-corrected chi connectivity index (χ4v) is 3.47. The van der Waals surface area contributed by atoms with E-state index >= 15 is 0 Å². The van der Waals surface area contributed by atoms with E-state index in [1.165, 1.54) is 0 Å². The van der Waals surface area contributed by atoms with Crippen LogP contribution < -0.4 is 0 Å². The van der Waals surface area contributed by atoms with Gasteiger partial charge in [-0.1, -0.05) is 20.8 Å². The van der Waals surface area contributed by atoms with Crippen LogP contribution >= 0.6 is 11.8 Å². The highest BCUT2D eigenvalue weighted by atomic mass is 32.2. The van der Waals surface area contributed by atoms with E-state index in [1.807, 2.05) is 0 Å². The Bertz CT molecular complexity index is 201. The van der Waals surface area contributed by atoms with Crippen molar-refractivity contribution in [2.24, 2.45) is 17.3 Å². The minimum atomic E-state index is -0.121. The molecule has 0 aromatic rings. The molecule has 3 unspecified atom stereocenters. The van der Waals surface area contributed by atoms with Gasteiger partial charge >= 0.3 is 0 Å². The molecule has 96 valence electrons. The molecule has 0 amide bonds. The van der Waals surface area contributed by atoms with Crippen LogP contribution in [0.4, 0.5) is 0 Å². The number of aliphatic hydroxyl groups is 2. The fourth-order valence-electron chi connectivity index (χ4n) is 2.51. The minimum absolute atomic E-state index is 0.121. The lowest BCUT2D eigenvalue weighted by molar-refractivity contribution is 0.0294. The maximum absolute atomic E-state index is 9.98. The highest BCUT2D eigenvalue weighted by Gasteiger charge is 2.34. The Morgan fingerprint density at radius 1 is 1.25 bits per heavy atom. The van der Waals surface area contributed by atoms with Crippen LogP contribution in [0.15, 0.2) is 0 Å². The summed E-state index contributed by atoms with van der Waals surface area (Å²) in [7, 11) is 0. The van der Waals surface area contributed by atoms with Crippen LogP contribution in [0.2, 0.25) is 0 Å². The maximum atomic E-state index is 9.98. The molecular formula is C13H26O2S. The maximum Gasteiger partial charge on any atom is 0.0576 e. The van der Waals surface area contributed by atoms with Crippen LogP contribution in [0.1, 0.15) is 40.0 Å². The van der Waals surface area contributed by atoms with Crippen LogP contribution in [-0.2, 0) is 0 Å². The van der Waals surface area contributed by atoms with Crippen LogP contribution in [0.3, 0.4) is 0 Å². The van der Waals surface area contributed by atoms with Gasteiger partial charge < -0.3 is 10.2 Å². The molecule has 16 heavy (non-hydrogen) atoms. The van der Waals surface area contributed by atoms with Crippen LogP contribution in [-0.4, -0.2) is 34.4 Å². The highest BCUT2D eigenvalue weighted by molar-refractivity contribution is 7.99. The van der Waals surface area contributed by atoms with Gasteiger partial charge in [0.05, 0.1) is 12.7 Å². The van der Waals surface area contributed by atoms with Gasteiger partial charge in [-0.05, 0) is 42.3 Å². The Hall–Kier alpha value is 0.270. The van der Waals surface area contributed by atoms with E-state index in [9.17, 15) is 5.11 Å². The van der Waals surface area contributed by atoms with Crippen molar-refractivity contribution in [2.75, 3.05) is 18.1 Å². The summed E-state index contributed by atoms with van der Waals surface area (Å²) in [5.74, 6) is 2.95. The van der Waals surface area contributed by atoms with Gasteiger partial charge in [-0.3, -0.25) is 0 Å². The van der Waals surface area contributed by atoms with Crippen LogP contribution in [0.5, 0.6) is 0 Å². The third-order valence-electron chi connectivity index (χ3n) is 3.73. The highest BCUT2D eigenvalue weighted by Crippen LogP contribution is 2.41. The summed E-state index contributed by atoms with van der Waals surface area (Å²) in [5, 5.41) is 18.7. The summed E-state index contributed by atoms with van der Waals surface area (Å²) in [4.78, 5) is 0. The van der Waals surface area contributed by atoms with Crippen molar-refractivity contribution in [1.29, 1.82) is 0 Å². The quantitative estimate of drug-likeness (QED) is 0.749. The van der Waals surface area contributed by atoms with E-state index in [4.69, 9.17) is 5.11 Å². The summed E-state index contributed by atoms with van der Waals surface area (Å²) in [6.45, 7) is 7.14. The van der Waals surface area contributed by atoms with Crippen molar-refractivity contribution >= 4 is 11.8 Å². The Morgan fingerprint density at radius 2 is 1.94 bits per heavy atom. The molecule has 1 saturated carbocycles. The standard InChI is InChI=1S/C13H26O2S/c1-13(2,3)11-4-5-12(15)10(8-11)9-16-7-6-14/h10-12,14-15H,4-9H2,1-3H3. The largest absolute Gasteiger partial charge is 0.396 e. The first-order chi connectivity index (χ1) is 7.45. The first-order valence-corrected chi connectivity index (χ1v) is 7.47. The molecule has 0 aliphatic heterocycles. The molecule has 1 aliphatic carbocycles. The van der Waals surface area contributed by atoms with E-state index in [2.05, 4.69) is 20.8 Å². The van der Waals surface area contributed by atoms with Gasteiger partial charge in [-0.2, -0.15) is 11.8 Å². The summed E-state index contributed by atoms with van der Waals surface area (Å²) in [6, 6.07) is 0. The molecule has 3 atom stereocenters. The Balaban J connectivity index is 2.42. The lowest BCUT2D eigenvalue weighted by Gasteiger charge is -2.40. The predicted molar refractivity (Wildman–Crippen MR) is 70.7 cm³/mol. The molecular weight excluding hydrogens is 220 g/mol. The summed E-state index contributed by atoms with van der Waals surface area (Å²) >= 11 is 1.77. The molecule has 0 radical (unpaired) electrons. The third-order valence-corrected chi connectivity index (χ3v) is 4.87. The molecule has 2 nitrogen and oxygen atoms in total. The van der Waals surface area contributed by atoms with E-state index < -0.39 is 0 Å². The van der Waals surface area contributed by atoms with Crippen LogP contribution in [0.25, 0.3) is 0 Å². The average molecular weight is 246 g/mol. The van der Waals surface area contributed by atoms with E-state index in [0.29, 0.717) is 11.3 Å². The molecule has 3 heteroatoms. The molecule has 0 heterocycles. The molecule has 0 spiro atoms. The third kappa shape index (κ3) is 4.27. The van der Waals surface area contributed by atoms with Gasteiger partial charge in [-0.25, -0.2) is 0 Å². The molecule has 2 N–H and O–H groups in total. The van der Waals surface area contributed by atoms with Crippen molar-refractivity contribution in [1.82, 2.24) is 0 Å². The molecule has 1 fully saturated rings. The molecule has 0 bridgehead atoms. The number of thioether (sulfide) groups is 1. The molecule has 0 aromatic heterocycles. The van der Waals surface area contributed by atoms with Gasteiger partial charge in [0.2, 0.25) is 0 Å². The van der Waals surface area contributed by atoms with Crippen molar-refractivity contribution in [3.8, 4) is 0 Å². The monoisotopic (exact) mass is 246 g/mol. The summed E-state index contributed by atoms with van der Waals surface area (Å²) in [6.07, 6.45) is 3.13. The van der Waals surface area contributed by atoms with E-state index in [1.54, 1.807) is 11.8 Å². The van der Waals surface area contributed by atoms with Gasteiger partial charge in [0.1, 0.15) is 0 Å². The SMILES string of the molecule is CC(C)(C)C1CCC(O)C(CSCCO)C1. The minimum Gasteiger partial charge on any atom is -0.396 e.